The zero-order valence-electron chi connectivity index (χ0n) is 11.6. The molecular weight excluding hydrogens is 264 g/mol. The molecule has 0 amide bonds. The first kappa shape index (κ1) is 13.9. The van der Waals surface area contributed by atoms with Crippen LogP contribution in [0, 0.1) is 0 Å². The minimum atomic E-state index is -2.61. The first-order valence-electron chi connectivity index (χ1n) is 7.49. The van der Waals surface area contributed by atoms with Crippen LogP contribution in [0.3, 0.4) is 0 Å². The van der Waals surface area contributed by atoms with E-state index in [9.17, 15) is 8.78 Å². The highest BCUT2D eigenvalue weighted by atomic mass is 19.3. The summed E-state index contributed by atoms with van der Waals surface area (Å²) in [6, 6.07) is 0. The molecule has 1 unspecified atom stereocenters. The van der Waals surface area contributed by atoms with Gasteiger partial charge in [-0.25, -0.2) is 8.78 Å². The smallest absolute Gasteiger partial charge is 0.248 e. The van der Waals surface area contributed by atoms with Crippen LogP contribution in [0.2, 0.25) is 0 Å². The minimum absolute atomic E-state index is 0.0364. The van der Waals surface area contributed by atoms with Crippen molar-refractivity contribution in [3.8, 4) is 0 Å². The van der Waals surface area contributed by atoms with Gasteiger partial charge in [-0.15, -0.1) is 0 Å². The maximum Gasteiger partial charge on any atom is 0.248 e. The molecule has 1 aromatic heterocycles. The lowest BCUT2D eigenvalue weighted by Gasteiger charge is -2.30. The second-order valence-electron chi connectivity index (χ2n) is 6.32. The number of nitrogens with two attached hydrogens (primary N) is 1. The predicted octanol–water partition coefficient (Wildman–Crippen LogP) is 3.48. The van der Waals surface area contributed by atoms with Crippen LogP contribution < -0.4 is 5.73 Å². The van der Waals surface area contributed by atoms with Gasteiger partial charge in [0.05, 0.1) is 5.54 Å². The number of aromatic nitrogens is 2. The fourth-order valence-electron chi connectivity index (χ4n) is 3.39. The Morgan fingerprint density at radius 2 is 1.85 bits per heavy atom. The van der Waals surface area contributed by atoms with E-state index < -0.39 is 11.5 Å². The molecule has 1 aromatic rings. The molecule has 2 aliphatic carbocycles. The molecule has 2 aliphatic rings. The maximum atomic E-state index is 13.5. The van der Waals surface area contributed by atoms with E-state index in [1.54, 1.807) is 0 Å². The van der Waals surface area contributed by atoms with Crippen LogP contribution in [0.4, 0.5) is 8.78 Å². The lowest BCUT2D eigenvalue weighted by Crippen LogP contribution is -2.39. The molecule has 1 heterocycles. The average molecular weight is 285 g/mol. The van der Waals surface area contributed by atoms with Gasteiger partial charge in [0, 0.05) is 18.8 Å². The molecule has 0 saturated heterocycles. The number of nitrogens with zero attached hydrogens (tertiary/aromatic N) is 2. The standard InChI is InChI=1S/C14H21F2N3O/c15-14(16)8-4-5-10(9-14)11-18-12(19-20-11)13(17)6-2-1-3-7-13/h10H,1-9,17H2. The zero-order chi connectivity index (χ0) is 14.2. The molecular formula is C14H21F2N3O. The highest BCUT2D eigenvalue weighted by Crippen LogP contribution is 2.42. The summed E-state index contributed by atoms with van der Waals surface area (Å²) in [6.07, 6.45) is 5.94. The summed E-state index contributed by atoms with van der Waals surface area (Å²) >= 11 is 0. The van der Waals surface area contributed by atoms with Gasteiger partial charge in [0.1, 0.15) is 0 Å². The summed E-state index contributed by atoms with van der Waals surface area (Å²) in [7, 11) is 0. The Hall–Kier alpha value is -1.04. The van der Waals surface area contributed by atoms with Crippen LogP contribution >= 0.6 is 0 Å². The van der Waals surface area contributed by atoms with Crippen molar-refractivity contribution in [1.29, 1.82) is 0 Å². The lowest BCUT2D eigenvalue weighted by atomic mass is 9.82. The van der Waals surface area contributed by atoms with Crippen LogP contribution in [0.25, 0.3) is 0 Å². The molecule has 0 aromatic carbocycles. The van der Waals surface area contributed by atoms with Crippen molar-refractivity contribution in [3.05, 3.63) is 11.7 Å². The normalized spacial score (nSPS) is 29.2. The highest BCUT2D eigenvalue weighted by molar-refractivity contribution is 5.07. The summed E-state index contributed by atoms with van der Waals surface area (Å²) in [5.41, 5.74) is 5.81. The molecule has 0 aliphatic heterocycles. The van der Waals surface area contributed by atoms with E-state index in [1.165, 1.54) is 6.42 Å². The lowest BCUT2D eigenvalue weighted by molar-refractivity contribution is -0.0440. The minimum Gasteiger partial charge on any atom is -0.339 e. The van der Waals surface area contributed by atoms with E-state index in [0.29, 0.717) is 24.6 Å². The molecule has 0 spiro atoms. The monoisotopic (exact) mass is 285 g/mol. The van der Waals surface area contributed by atoms with Gasteiger partial charge >= 0.3 is 0 Å². The molecule has 0 radical (unpaired) electrons. The molecule has 2 N–H and O–H groups in total. The number of halogens is 2. The molecule has 1 atom stereocenters. The quantitative estimate of drug-likeness (QED) is 0.903. The number of hydrogen-bond donors (Lipinski definition) is 1. The fraction of sp³-hybridized carbons (Fsp3) is 0.857. The van der Waals surface area contributed by atoms with Gasteiger partial charge in [0.25, 0.3) is 0 Å². The maximum absolute atomic E-state index is 13.5. The third-order valence-electron chi connectivity index (χ3n) is 4.62. The largest absolute Gasteiger partial charge is 0.339 e. The van der Waals surface area contributed by atoms with Crippen molar-refractivity contribution in [1.82, 2.24) is 10.1 Å². The van der Waals surface area contributed by atoms with Gasteiger partial charge in [0.2, 0.25) is 11.8 Å². The molecule has 0 bridgehead atoms. The Kier molecular flexibility index (Phi) is 3.52. The van der Waals surface area contributed by atoms with Crippen molar-refractivity contribution in [2.45, 2.75) is 75.2 Å². The van der Waals surface area contributed by atoms with Crippen LogP contribution in [0.5, 0.6) is 0 Å². The molecule has 2 saturated carbocycles. The van der Waals surface area contributed by atoms with Gasteiger partial charge in [-0.2, -0.15) is 4.98 Å². The molecule has 6 heteroatoms. The third-order valence-corrected chi connectivity index (χ3v) is 4.62. The molecule has 2 fully saturated rings. The second-order valence-corrected chi connectivity index (χ2v) is 6.32. The van der Waals surface area contributed by atoms with Crippen molar-refractivity contribution in [2.75, 3.05) is 0 Å². The number of rotatable bonds is 2. The Labute approximate surface area is 117 Å². The topological polar surface area (TPSA) is 64.9 Å². The first-order chi connectivity index (χ1) is 9.49. The van der Waals surface area contributed by atoms with E-state index in [1.807, 2.05) is 0 Å². The zero-order valence-corrected chi connectivity index (χ0v) is 11.6. The summed E-state index contributed by atoms with van der Waals surface area (Å²) < 4.78 is 32.2. The summed E-state index contributed by atoms with van der Waals surface area (Å²) in [6.45, 7) is 0. The Morgan fingerprint density at radius 1 is 1.10 bits per heavy atom. The Morgan fingerprint density at radius 3 is 2.55 bits per heavy atom. The summed E-state index contributed by atoms with van der Waals surface area (Å²) in [5.74, 6) is -2.09. The van der Waals surface area contributed by atoms with E-state index in [2.05, 4.69) is 10.1 Å². The fourth-order valence-corrected chi connectivity index (χ4v) is 3.39. The van der Waals surface area contributed by atoms with Crippen molar-refractivity contribution >= 4 is 0 Å². The SMILES string of the molecule is NC1(c2noc(C3CCCC(F)(F)C3)n2)CCCCC1. The van der Waals surface area contributed by atoms with E-state index in [4.69, 9.17) is 10.3 Å². The summed E-state index contributed by atoms with van der Waals surface area (Å²) in [5, 5.41) is 3.98. The van der Waals surface area contributed by atoms with Gasteiger partial charge in [-0.05, 0) is 25.7 Å². The van der Waals surface area contributed by atoms with E-state index in [-0.39, 0.29) is 18.8 Å². The van der Waals surface area contributed by atoms with Gasteiger partial charge in [-0.1, -0.05) is 24.4 Å². The van der Waals surface area contributed by atoms with Gasteiger partial charge < -0.3 is 10.3 Å². The third kappa shape index (κ3) is 2.71. The van der Waals surface area contributed by atoms with Crippen LogP contribution in [0.1, 0.15) is 75.4 Å². The second kappa shape index (κ2) is 5.06. The van der Waals surface area contributed by atoms with Gasteiger partial charge in [0.15, 0.2) is 5.82 Å². The van der Waals surface area contributed by atoms with Crippen molar-refractivity contribution in [2.24, 2.45) is 5.73 Å². The van der Waals surface area contributed by atoms with Crippen LogP contribution in [0.15, 0.2) is 4.52 Å². The molecule has 3 rings (SSSR count). The van der Waals surface area contributed by atoms with Gasteiger partial charge in [-0.3, -0.25) is 0 Å². The summed E-state index contributed by atoms with van der Waals surface area (Å²) in [4.78, 5) is 4.36. The predicted molar refractivity (Wildman–Crippen MR) is 69.4 cm³/mol. The molecule has 112 valence electrons. The van der Waals surface area contributed by atoms with Crippen LogP contribution in [-0.4, -0.2) is 16.1 Å². The van der Waals surface area contributed by atoms with Crippen molar-refractivity contribution < 1.29 is 13.3 Å². The first-order valence-corrected chi connectivity index (χ1v) is 7.49. The van der Waals surface area contributed by atoms with E-state index in [0.717, 1.165) is 25.7 Å². The Balaban J connectivity index is 1.76. The number of alkyl halides is 2. The molecule has 20 heavy (non-hydrogen) atoms. The Bertz CT molecular complexity index is 469. The van der Waals surface area contributed by atoms with Crippen LogP contribution in [-0.2, 0) is 5.54 Å². The average Bonchev–Trinajstić information content (AvgIpc) is 2.89. The van der Waals surface area contributed by atoms with Crippen molar-refractivity contribution in [3.63, 3.8) is 0 Å². The number of hydrogen-bond acceptors (Lipinski definition) is 4. The van der Waals surface area contributed by atoms with E-state index >= 15 is 0 Å². The molecule has 4 nitrogen and oxygen atoms in total. The highest BCUT2D eigenvalue weighted by Gasteiger charge is 2.40.